The van der Waals surface area contributed by atoms with Crippen molar-refractivity contribution in [3.8, 4) is 0 Å². The normalized spacial score (nSPS) is 15.7. The van der Waals surface area contributed by atoms with Crippen molar-refractivity contribution in [2.24, 2.45) is 5.73 Å². The number of nitrogens with two attached hydrogens (primary N) is 1. The lowest BCUT2D eigenvalue weighted by Gasteiger charge is -2.20. The highest BCUT2D eigenvalue weighted by Crippen LogP contribution is 2.18. The number of rotatable bonds is 5. The van der Waals surface area contributed by atoms with E-state index in [-0.39, 0.29) is 12.1 Å². The Labute approximate surface area is 197 Å². The average Bonchev–Trinajstić information content (AvgIpc) is 3.52. The molecule has 2 atom stereocenters. The molecule has 2 amide bonds. The summed E-state index contributed by atoms with van der Waals surface area (Å²) in [7, 11) is 2.52. The Balaban J connectivity index is 0.000000307. The Hall–Kier alpha value is -2.89. The molecule has 2 aromatic rings. The highest BCUT2D eigenvalue weighted by atomic mass is 35.5. The van der Waals surface area contributed by atoms with Gasteiger partial charge in [0.1, 0.15) is 6.29 Å². The van der Waals surface area contributed by atoms with Crippen LogP contribution in [0, 0.1) is 0 Å². The highest BCUT2D eigenvalue weighted by Gasteiger charge is 2.28. The molecule has 0 radical (unpaired) electrons. The minimum Gasteiger partial charge on any atom is -0.405 e. The van der Waals surface area contributed by atoms with Crippen LogP contribution in [0.4, 0.5) is 10.5 Å². The number of aldehydes is 1. The monoisotopic (exact) mass is 475 g/mol. The lowest BCUT2D eigenvalue weighted by Crippen LogP contribution is -2.39. The van der Waals surface area contributed by atoms with Gasteiger partial charge in [0.05, 0.1) is 11.7 Å². The molecule has 1 aliphatic rings. The quantitative estimate of drug-likeness (QED) is 0.355. The van der Waals surface area contributed by atoms with Crippen LogP contribution in [0.5, 0.6) is 0 Å². The van der Waals surface area contributed by atoms with Crippen molar-refractivity contribution in [1.29, 1.82) is 0 Å². The molecule has 2 heterocycles. The van der Waals surface area contributed by atoms with Crippen molar-refractivity contribution in [1.82, 2.24) is 14.7 Å². The number of carbonyl (C=O) groups is 2. The Morgan fingerprint density at radius 2 is 2.03 bits per heavy atom. The molecule has 0 bridgehead atoms. The van der Waals surface area contributed by atoms with E-state index in [4.69, 9.17) is 17.3 Å². The fourth-order valence-corrected chi connectivity index (χ4v) is 3.12. The summed E-state index contributed by atoms with van der Waals surface area (Å²) >= 11 is 5.75. The van der Waals surface area contributed by atoms with Gasteiger partial charge in [-0.2, -0.15) is 5.10 Å². The number of aromatic nitrogens is 2. The van der Waals surface area contributed by atoms with E-state index >= 15 is 0 Å². The van der Waals surface area contributed by atoms with Crippen molar-refractivity contribution < 1.29 is 9.59 Å². The largest absolute Gasteiger partial charge is 0.405 e. The fourth-order valence-electron chi connectivity index (χ4n) is 2.80. The number of amides is 2. The summed E-state index contributed by atoms with van der Waals surface area (Å²) in [5.41, 5.74) is 6.88. The Kier molecular flexibility index (Phi) is 13.4. The first-order valence-corrected chi connectivity index (χ1v) is 11.4. The van der Waals surface area contributed by atoms with Crippen LogP contribution < -0.4 is 11.1 Å². The number of urea groups is 1. The van der Waals surface area contributed by atoms with Gasteiger partial charge in [-0.15, -0.1) is 9.24 Å². The second-order valence-electron chi connectivity index (χ2n) is 6.26. The van der Waals surface area contributed by atoms with Crippen molar-refractivity contribution >= 4 is 44.5 Å². The molecule has 1 fully saturated rings. The molecular weight excluding hydrogens is 445 g/mol. The topological polar surface area (TPSA) is 93.2 Å². The third-order valence-corrected chi connectivity index (χ3v) is 4.67. The number of likely N-dealkylation sites (tertiary alicyclic amines) is 1. The molecule has 1 saturated heterocycles. The second kappa shape index (κ2) is 15.8. The number of hydrogen-bond donors (Lipinski definition) is 2. The minimum atomic E-state index is -0.290. The second-order valence-corrected chi connectivity index (χ2v) is 7.08. The van der Waals surface area contributed by atoms with Gasteiger partial charge >= 0.3 is 6.03 Å². The SMILES string of the molecule is CC.N/C=C/C=C(\C=C\P)n1cccn1.O=C[C@H]1CCCN1C(=O)Nc1ccc(Cl)cc1. The Morgan fingerprint density at radius 3 is 2.59 bits per heavy atom. The van der Waals surface area contributed by atoms with Crippen LogP contribution in [0.15, 0.2) is 73.0 Å². The van der Waals surface area contributed by atoms with Gasteiger partial charge in [-0.25, -0.2) is 9.48 Å². The molecule has 3 N–H and O–H groups in total. The summed E-state index contributed by atoms with van der Waals surface area (Å²) in [6.07, 6.45) is 13.1. The third kappa shape index (κ3) is 9.08. The number of hydrogen-bond acceptors (Lipinski definition) is 4. The summed E-state index contributed by atoms with van der Waals surface area (Å²) in [6.45, 7) is 4.63. The molecule has 1 aromatic carbocycles. The highest BCUT2D eigenvalue weighted by molar-refractivity contribution is 7.20. The molecule has 0 aliphatic carbocycles. The molecule has 32 heavy (non-hydrogen) atoms. The van der Waals surface area contributed by atoms with E-state index < -0.39 is 0 Å². The maximum absolute atomic E-state index is 11.9. The van der Waals surface area contributed by atoms with E-state index in [1.165, 1.54) is 6.20 Å². The zero-order chi connectivity index (χ0) is 23.8. The van der Waals surface area contributed by atoms with Crippen molar-refractivity contribution in [2.45, 2.75) is 32.7 Å². The number of nitrogens with zero attached hydrogens (tertiary/aromatic N) is 3. The van der Waals surface area contributed by atoms with Gasteiger partial charge in [0.25, 0.3) is 0 Å². The van der Waals surface area contributed by atoms with E-state index in [1.54, 1.807) is 46.1 Å². The summed E-state index contributed by atoms with van der Waals surface area (Å²) < 4.78 is 1.76. The van der Waals surface area contributed by atoms with Crippen LogP contribution >= 0.6 is 20.8 Å². The summed E-state index contributed by atoms with van der Waals surface area (Å²) in [6, 6.07) is 8.22. The van der Waals surface area contributed by atoms with Gasteiger partial charge in [-0.3, -0.25) is 0 Å². The van der Waals surface area contributed by atoms with E-state index in [0.717, 1.165) is 24.8 Å². The van der Waals surface area contributed by atoms with Gasteiger partial charge in [0.15, 0.2) is 0 Å². The first-order chi connectivity index (χ1) is 15.6. The molecule has 3 rings (SSSR count). The van der Waals surface area contributed by atoms with Crippen LogP contribution in [0.2, 0.25) is 5.02 Å². The fraction of sp³-hybridized carbons (Fsp3) is 0.261. The van der Waals surface area contributed by atoms with Gasteiger partial charge in [0.2, 0.25) is 0 Å². The zero-order valence-corrected chi connectivity index (χ0v) is 20.3. The van der Waals surface area contributed by atoms with E-state index in [2.05, 4.69) is 19.7 Å². The maximum atomic E-state index is 11.9. The molecule has 1 aliphatic heterocycles. The molecule has 0 spiro atoms. The van der Waals surface area contributed by atoms with Crippen LogP contribution in [-0.2, 0) is 4.79 Å². The van der Waals surface area contributed by atoms with Crippen LogP contribution in [0.3, 0.4) is 0 Å². The number of carbonyl (C=O) groups excluding carboxylic acids is 2. The van der Waals surface area contributed by atoms with Crippen LogP contribution in [0.25, 0.3) is 5.70 Å². The van der Waals surface area contributed by atoms with Gasteiger partial charge < -0.3 is 20.7 Å². The number of nitrogens with one attached hydrogen (secondary N) is 1. The minimum absolute atomic E-state index is 0.234. The molecule has 1 aromatic heterocycles. The molecular formula is C23H31ClN5O2P. The molecule has 1 unspecified atom stereocenters. The third-order valence-electron chi connectivity index (χ3n) is 4.23. The Morgan fingerprint density at radius 1 is 1.31 bits per heavy atom. The molecule has 9 heteroatoms. The van der Waals surface area contributed by atoms with E-state index in [9.17, 15) is 9.59 Å². The predicted octanol–water partition coefficient (Wildman–Crippen LogP) is 5.15. The molecule has 172 valence electrons. The standard InChI is InChI=1S/C12H13ClN2O2.C9H12N3P.C2H6/c13-9-3-5-10(6-4-9)14-12(17)15-7-1-2-11(15)8-16;10-5-1-3-9(4-8-13)12-7-2-6-11-12;1-2/h3-6,8,11H,1-2,7H2,(H,14,17);1-8H,10,13H2;1-2H3/b;5-1+,8-4+,9-3+;/t11-;;/m1../s1. The van der Waals surface area contributed by atoms with Gasteiger partial charge in [0, 0.05) is 29.6 Å². The lowest BCUT2D eigenvalue weighted by molar-refractivity contribution is -0.110. The van der Waals surface area contributed by atoms with Crippen LogP contribution in [-0.4, -0.2) is 39.6 Å². The van der Waals surface area contributed by atoms with E-state index in [1.807, 2.05) is 44.1 Å². The average molecular weight is 476 g/mol. The van der Waals surface area contributed by atoms with Crippen LogP contribution in [0.1, 0.15) is 26.7 Å². The molecule has 0 saturated carbocycles. The smallest absolute Gasteiger partial charge is 0.322 e. The summed E-state index contributed by atoms with van der Waals surface area (Å²) in [5, 5.41) is 7.47. The zero-order valence-electron chi connectivity index (χ0n) is 18.4. The molecule has 7 nitrogen and oxygen atoms in total. The first-order valence-electron chi connectivity index (χ1n) is 10.3. The first kappa shape index (κ1) is 27.1. The summed E-state index contributed by atoms with van der Waals surface area (Å²) in [5.74, 6) is 1.87. The number of anilines is 1. The van der Waals surface area contributed by atoms with Gasteiger partial charge in [-0.1, -0.05) is 31.3 Å². The lowest BCUT2D eigenvalue weighted by atomic mass is 10.2. The maximum Gasteiger partial charge on any atom is 0.322 e. The summed E-state index contributed by atoms with van der Waals surface area (Å²) in [4.78, 5) is 24.2. The van der Waals surface area contributed by atoms with Crippen molar-refractivity contribution in [3.63, 3.8) is 0 Å². The number of halogens is 1. The Bertz CT molecular complexity index is 896. The number of benzene rings is 1. The predicted molar refractivity (Wildman–Crippen MR) is 136 cm³/mol. The number of allylic oxidation sites excluding steroid dienone is 4. The van der Waals surface area contributed by atoms with E-state index in [0.29, 0.717) is 17.3 Å². The van der Waals surface area contributed by atoms with Gasteiger partial charge in [-0.05, 0) is 67.6 Å². The van der Waals surface area contributed by atoms with Crippen molar-refractivity contribution in [3.05, 3.63) is 78.0 Å². The van der Waals surface area contributed by atoms with Crippen molar-refractivity contribution in [2.75, 3.05) is 11.9 Å².